The number of anilines is 1. The van der Waals surface area contributed by atoms with Crippen molar-refractivity contribution < 1.29 is 13.2 Å². The lowest BCUT2D eigenvalue weighted by molar-refractivity contribution is 0.101. The first kappa shape index (κ1) is 16.8. The van der Waals surface area contributed by atoms with Gasteiger partial charge in [0, 0.05) is 21.7 Å². The maximum Gasteiger partial charge on any atom is 0.272 e. The molecule has 0 fully saturated rings. The van der Waals surface area contributed by atoms with Crippen molar-refractivity contribution >= 4 is 33.2 Å². The summed E-state index contributed by atoms with van der Waals surface area (Å²) in [6, 6.07) is 18.3. The summed E-state index contributed by atoms with van der Waals surface area (Å²) in [4.78, 5) is 13.2. The van der Waals surface area contributed by atoms with Crippen molar-refractivity contribution in [1.82, 2.24) is 0 Å². The molecule has 1 aliphatic rings. The highest BCUT2D eigenvalue weighted by Crippen LogP contribution is 2.43. The average molecular weight is 384 g/mol. The zero-order chi connectivity index (χ0) is 18.5. The van der Waals surface area contributed by atoms with Crippen molar-refractivity contribution in [3.05, 3.63) is 82.9 Å². The van der Waals surface area contributed by atoms with Crippen LogP contribution in [0.3, 0.4) is 0 Å². The Morgan fingerprint density at radius 2 is 1.62 bits per heavy atom. The number of nitrogens with zero attached hydrogens (tertiary/aromatic N) is 1. The van der Waals surface area contributed by atoms with Crippen LogP contribution in [0.15, 0.2) is 71.6 Å². The topological polar surface area (TPSA) is 54.5 Å². The number of rotatable bonds is 1. The van der Waals surface area contributed by atoms with E-state index >= 15 is 0 Å². The van der Waals surface area contributed by atoms with Crippen LogP contribution in [0.2, 0.25) is 5.02 Å². The van der Waals surface area contributed by atoms with E-state index in [0.717, 1.165) is 15.4 Å². The van der Waals surface area contributed by atoms with Gasteiger partial charge in [-0.1, -0.05) is 41.4 Å². The molecule has 0 radical (unpaired) electrons. The number of carbonyl (C=O) groups excluding carboxylic acids is 1. The van der Waals surface area contributed by atoms with Gasteiger partial charge in [0.1, 0.15) is 0 Å². The van der Waals surface area contributed by atoms with E-state index in [4.69, 9.17) is 11.6 Å². The summed E-state index contributed by atoms with van der Waals surface area (Å²) >= 11 is 5.88. The molecule has 1 heterocycles. The van der Waals surface area contributed by atoms with Gasteiger partial charge in [-0.2, -0.15) is 4.31 Å². The second-order valence-corrected chi connectivity index (χ2v) is 8.29. The lowest BCUT2D eigenvalue weighted by Crippen LogP contribution is -2.39. The average Bonchev–Trinajstić information content (AvgIpc) is 2.63. The quantitative estimate of drug-likeness (QED) is 0.613. The van der Waals surface area contributed by atoms with Crippen LogP contribution in [-0.4, -0.2) is 14.3 Å². The summed E-state index contributed by atoms with van der Waals surface area (Å²) in [5.41, 5.74) is 2.92. The third-order valence-corrected chi connectivity index (χ3v) is 6.35. The molecule has 0 aliphatic carbocycles. The zero-order valence-electron chi connectivity index (χ0n) is 13.8. The molecule has 130 valence electrons. The molecule has 0 atom stereocenters. The van der Waals surface area contributed by atoms with Crippen molar-refractivity contribution in [1.29, 1.82) is 0 Å². The first-order valence-electron chi connectivity index (χ1n) is 7.95. The number of hydrogen-bond acceptors (Lipinski definition) is 3. The summed E-state index contributed by atoms with van der Waals surface area (Å²) < 4.78 is 27.3. The Bertz CT molecular complexity index is 1140. The van der Waals surface area contributed by atoms with Gasteiger partial charge in [0.05, 0.1) is 10.6 Å². The van der Waals surface area contributed by atoms with Crippen molar-refractivity contribution in [2.75, 3.05) is 4.31 Å². The number of benzene rings is 3. The van der Waals surface area contributed by atoms with Crippen LogP contribution in [0.5, 0.6) is 0 Å². The maximum absolute atomic E-state index is 13.2. The third kappa shape index (κ3) is 2.52. The highest BCUT2D eigenvalue weighted by molar-refractivity contribution is 7.93. The lowest BCUT2D eigenvalue weighted by Gasteiger charge is -2.30. The van der Waals surface area contributed by atoms with E-state index in [0.29, 0.717) is 16.3 Å². The molecule has 3 aromatic rings. The van der Waals surface area contributed by atoms with Gasteiger partial charge in [0.2, 0.25) is 0 Å². The fourth-order valence-corrected chi connectivity index (χ4v) is 4.88. The van der Waals surface area contributed by atoms with Crippen LogP contribution < -0.4 is 4.31 Å². The molecule has 0 N–H and O–H groups in total. The smallest absolute Gasteiger partial charge is 0.268 e. The minimum absolute atomic E-state index is 0.125. The summed E-state index contributed by atoms with van der Waals surface area (Å²) in [7, 11) is -4.02. The van der Waals surface area contributed by atoms with E-state index < -0.39 is 15.9 Å². The van der Waals surface area contributed by atoms with Crippen LogP contribution in [0.25, 0.3) is 11.1 Å². The Morgan fingerprint density at radius 1 is 0.923 bits per heavy atom. The molecule has 6 heteroatoms. The molecule has 0 unspecified atom stereocenters. The molecule has 26 heavy (non-hydrogen) atoms. The zero-order valence-corrected chi connectivity index (χ0v) is 15.4. The van der Waals surface area contributed by atoms with E-state index in [9.17, 15) is 13.2 Å². The molecule has 1 aliphatic heterocycles. The van der Waals surface area contributed by atoms with Gasteiger partial charge >= 0.3 is 0 Å². The molecule has 0 spiro atoms. The van der Waals surface area contributed by atoms with Gasteiger partial charge in [-0.15, -0.1) is 0 Å². The number of aryl methyl sites for hydroxylation is 1. The molecule has 0 aromatic heterocycles. The third-order valence-electron chi connectivity index (χ3n) is 4.34. The fourth-order valence-electron chi connectivity index (χ4n) is 3.11. The number of carbonyl (C=O) groups is 1. The van der Waals surface area contributed by atoms with Gasteiger partial charge in [0.25, 0.3) is 15.9 Å². The van der Waals surface area contributed by atoms with Crippen molar-refractivity contribution in [3.8, 4) is 11.1 Å². The van der Waals surface area contributed by atoms with Crippen LogP contribution in [-0.2, 0) is 10.0 Å². The molecular weight excluding hydrogens is 370 g/mol. The molecule has 4 rings (SSSR count). The van der Waals surface area contributed by atoms with E-state index in [1.807, 2.05) is 13.0 Å². The van der Waals surface area contributed by atoms with Crippen LogP contribution in [0, 0.1) is 6.92 Å². The minimum Gasteiger partial charge on any atom is -0.268 e. The summed E-state index contributed by atoms with van der Waals surface area (Å²) in [5.74, 6) is -0.610. The number of sulfonamides is 1. The number of halogens is 1. The SMILES string of the molecule is Cc1ccc2c(c1)-c1ccccc1S(=O)(=O)N2C(=O)c1ccc(Cl)cc1. The molecule has 0 saturated heterocycles. The molecular formula is C20H14ClNO3S. The van der Waals surface area contributed by atoms with E-state index in [1.54, 1.807) is 42.5 Å². The highest BCUT2D eigenvalue weighted by Gasteiger charge is 2.39. The second-order valence-electron chi connectivity index (χ2n) is 6.10. The first-order valence-corrected chi connectivity index (χ1v) is 9.77. The van der Waals surface area contributed by atoms with Crippen molar-refractivity contribution in [3.63, 3.8) is 0 Å². The van der Waals surface area contributed by atoms with Gasteiger partial charge in [-0.25, -0.2) is 8.42 Å². The largest absolute Gasteiger partial charge is 0.272 e. The molecule has 0 bridgehead atoms. The summed E-state index contributed by atoms with van der Waals surface area (Å²) in [6.45, 7) is 1.93. The summed E-state index contributed by atoms with van der Waals surface area (Å²) in [6.07, 6.45) is 0. The summed E-state index contributed by atoms with van der Waals surface area (Å²) in [5, 5.41) is 0.476. The number of hydrogen-bond donors (Lipinski definition) is 0. The van der Waals surface area contributed by atoms with Crippen LogP contribution in [0.1, 0.15) is 15.9 Å². The monoisotopic (exact) mass is 383 g/mol. The van der Waals surface area contributed by atoms with Gasteiger partial charge in [0.15, 0.2) is 0 Å². The Hall–Kier alpha value is -2.63. The van der Waals surface area contributed by atoms with E-state index in [1.165, 1.54) is 18.2 Å². The minimum atomic E-state index is -4.02. The number of amides is 1. The standard InChI is InChI=1S/C20H14ClNO3S/c1-13-6-11-18-17(12-13)16-4-2-3-5-19(16)26(24,25)22(18)20(23)14-7-9-15(21)10-8-14/h2-12H,1H3. The van der Waals surface area contributed by atoms with Crippen LogP contribution in [0.4, 0.5) is 5.69 Å². The first-order chi connectivity index (χ1) is 12.4. The van der Waals surface area contributed by atoms with Gasteiger partial charge < -0.3 is 0 Å². The molecule has 3 aromatic carbocycles. The van der Waals surface area contributed by atoms with Crippen molar-refractivity contribution in [2.24, 2.45) is 0 Å². The lowest BCUT2D eigenvalue weighted by atomic mass is 10.0. The Morgan fingerprint density at radius 3 is 2.35 bits per heavy atom. The van der Waals surface area contributed by atoms with E-state index in [-0.39, 0.29) is 10.5 Å². The molecule has 1 amide bonds. The Kier molecular flexibility index (Phi) is 3.86. The van der Waals surface area contributed by atoms with E-state index in [2.05, 4.69) is 0 Å². The predicted molar refractivity (Wildman–Crippen MR) is 102 cm³/mol. The molecule has 4 nitrogen and oxygen atoms in total. The normalized spacial score (nSPS) is 14.5. The fraction of sp³-hybridized carbons (Fsp3) is 0.0500. The number of fused-ring (bicyclic) bond motifs is 3. The Labute approximate surface area is 156 Å². The predicted octanol–water partition coefficient (Wildman–Crippen LogP) is 4.66. The highest BCUT2D eigenvalue weighted by atomic mass is 35.5. The molecule has 0 saturated carbocycles. The maximum atomic E-state index is 13.2. The Balaban J connectivity index is 1.98. The van der Waals surface area contributed by atoms with Gasteiger partial charge in [-0.3, -0.25) is 4.79 Å². The van der Waals surface area contributed by atoms with Crippen LogP contribution >= 0.6 is 11.6 Å². The second kappa shape index (κ2) is 5.97. The van der Waals surface area contributed by atoms with Gasteiger partial charge in [-0.05, 0) is 49.4 Å². The van der Waals surface area contributed by atoms with Crippen molar-refractivity contribution in [2.45, 2.75) is 11.8 Å².